The lowest BCUT2D eigenvalue weighted by Crippen LogP contribution is -2.46. The number of likely N-dealkylation sites (tertiary alicyclic amines) is 1. The van der Waals surface area contributed by atoms with Gasteiger partial charge in [-0.3, -0.25) is 25.9 Å². The lowest BCUT2D eigenvalue weighted by molar-refractivity contribution is -0.00111. The zero-order valence-corrected chi connectivity index (χ0v) is 26.2. The van der Waals surface area contributed by atoms with Crippen molar-refractivity contribution in [2.75, 3.05) is 37.7 Å². The van der Waals surface area contributed by atoms with Crippen LogP contribution < -0.4 is 26.0 Å². The van der Waals surface area contributed by atoms with Crippen LogP contribution in [0.1, 0.15) is 55.2 Å². The molecule has 0 radical (unpaired) electrons. The SMILES string of the molecule is CCOc1cc(-c2ccc(F)cc2)c(C2CC2)cc1CN1CCC2(CC1)CN(c1ccc(CCNC(=N)NC(=N)N)cc1)C(=O)O2. The Morgan fingerprint density at radius 3 is 2.46 bits per heavy atom. The predicted molar refractivity (Wildman–Crippen MR) is 177 cm³/mol. The van der Waals surface area contributed by atoms with E-state index in [4.69, 9.17) is 26.0 Å². The van der Waals surface area contributed by atoms with Crippen LogP contribution in [-0.2, 0) is 17.7 Å². The Morgan fingerprint density at radius 1 is 1.09 bits per heavy atom. The molecule has 3 aromatic rings. The molecule has 1 spiro atoms. The average Bonchev–Trinajstić information content (AvgIpc) is 3.83. The van der Waals surface area contributed by atoms with Crippen LogP contribution in [0.2, 0.25) is 0 Å². The van der Waals surface area contributed by atoms with Crippen molar-refractivity contribution in [3.05, 3.63) is 83.2 Å². The molecule has 6 rings (SSSR count). The third-order valence-electron chi connectivity index (χ3n) is 9.06. The number of piperidine rings is 1. The Morgan fingerprint density at radius 2 is 1.80 bits per heavy atom. The van der Waals surface area contributed by atoms with Crippen LogP contribution in [0.4, 0.5) is 14.9 Å². The van der Waals surface area contributed by atoms with Crippen molar-refractivity contribution in [2.24, 2.45) is 5.73 Å². The normalized spacial score (nSPS) is 17.5. The highest BCUT2D eigenvalue weighted by Gasteiger charge is 2.47. The van der Waals surface area contributed by atoms with Crippen molar-refractivity contribution in [1.82, 2.24) is 15.5 Å². The average molecular weight is 628 g/mol. The quantitative estimate of drug-likeness (QED) is 0.152. The van der Waals surface area contributed by atoms with E-state index in [9.17, 15) is 9.18 Å². The summed E-state index contributed by atoms with van der Waals surface area (Å²) in [7, 11) is 0. The number of amides is 1. The lowest BCUT2D eigenvalue weighted by atomic mass is 9.90. The summed E-state index contributed by atoms with van der Waals surface area (Å²) in [4.78, 5) is 17.2. The molecule has 2 heterocycles. The second-order valence-electron chi connectivity index (χ2n) is 12.4. The van der Waals surface area contributed by atoms with Gasteiger partial charge in [0.1, 0.15) is 17.2 Å². The first-order valence-electron chi connectivity index (χ1n) is 16.0. The molecule has 11 heteroatoms. The highest BCUT2D eigenvalue weighted by molar-refractivity contribution is 5.94. The van der Waals surface area contributed by atoms with Crippen LogP contribution >= 0.6 is 0 Å². The molecular weight excluding hydrogens is 585 g/mol. The number of nitrogens with one attached hydrogen (secondary N) is 4. The molecule has 3 aliphatic rings. The summed E-state index contributed by atoms with van der Waals surface area (Å²) >= 11 is 0. The minimum absolute atomic E-state index is 0.0159. The van der Waals surface area contributed by atoms with E-state index in [0.717, 1.165) is 66.2 Å². The number of carbonyl (C=O) groups is 1. The molecule has 3 fully saturated rings. The van der Waals surface area contributed by atoms with Gasteiger partial charge in [0, 0.05) is 50.3 Å². The van der Waals surface area contributed by atoms with Gasteiger partial charge in [0.05, 0.1) is 13.2 Å². The molecule has 6 N–H and O–H groups in total. The maximum atomic E-state index is 13.7. The molecular formula is C35H42FN7O3. The molecule has 0 aromatic heterocycles. The number of hydrogen-bond donors (Lipinski definition) is 5. The largest absolute Gasteiger partial charge is 0.494 e. The van der Waals surface area contributed by atoms with Gasteiger partial charge in [-0.05, 0) is 90.8 Å². The molecule has 2 saturated heterocycles. The fourth-order valence-electron chi connectivity index (χ4n) is 6.46. The van der Waals surface area contributed by atoms with E-state index in [1.807, 2.05) is 43.3 Å². The van der Waals surface area contributed by atoms with Gasteiger partial charge >= 0.3 is 6.09 Å². The molecule has 0 atom stereocenters. The number of hydrogen-bond acceptors (Lipinski definition) is 6. The first kappa shape index (κ1) is 31.3. The van der Waals surface area contributed by atoms with E-state index in [2.05, 4.69) is 27.7 Å². The van der Waals surface area contributed by atoms with Crippen molar-refractivity contribution in [3.8, 4) is 16.9 Å². The van der Waals surface area contributed by atoms with Crippen LogP contribution in [0.3, 0.4) is 0 Å². The molecule has 1 saturated carbocycles. The first-order chi connectivity index (χ1) is 22.2. The summed E-state index contributed by atoms with van der Waals surface area (Å²) in [5.41, 5.74) is 11.2. The van der Waals surface area contributed by atoms with Gasteiger partial charge in [0.2, 0.25) is 0 Å². The third kappa shape index (κ3) is 7.25. The topological polar surface area (TPSA) is 140 Å². The summed E-state index contributed by atoms with van der Waals surface area (Å²) in [5, 5.41) is 20.2. The number of carbonyl (C=O) groups excluding carboxylic acids is 1. The van der Waals surface area contributed by atoms with Crippen molar-refractivity contribution in [1.29, 1.82) is 10.8 Å². The number of nitrogens with zero attached hydrogens (tertiary/aromatic N) is 2. The van der Waals surface area contributed by atoms with Crippen molar-refractivity contribution in [3.63, 3.8) is 0 Å². The van der Waals surface area contributed by atoms with E-state index in [1.54, 1.807) is 4.90 Å². The van der Waals surface area contributed by atoms with E-state index in [0.29, 0.717) is 32.0 Å². The van der Waals surface area contributed by atoms with E-state index >= 15 is 0 Å². The molecule has 242 valence electrons. The van der Waals surface area contributed by atoms with Crippen LogP contribution in [0.5, 0.6) is 5.75 Å². The maximum absolute atomic E-state index is 13.7. The zero-order chi connectivity index (χ0) is 32.3. The fraction of sp³-hybridized carbons (Fsp3) is 0.400. The van der Waals surface area contributed by atoms with E-state index in [1.165, 1.54) is 30.5 Å². The highest BCUT2D eigenvalue weighted by Crippen LogP contribution is 2.47. The molecule has 10 nitrogen and oxygen atoms in total. The Hall–Kier alpha value is -4.64. The molecule has 3 aromatic carbocycles. The minimum atomic E-state index is -0.505. The fourth-order valence-corrected chi connectivity index (χ4v) is 6.46. The third-order valence-corrected chi connectivity index (χ3v) is 9.06. The van der Waals surface area contributed by atoms with Crippen molar-refractivity contribution >= 4 is 23.7 Å². The molecule has 1 aliphatic carbocycles. The number of anilines is 1. The van der Waals surface area contributed by atoms with Crippen LogP contribution in [0.25, 0.3) is 11.1 Å². The second-order valence-corrected chi connectivity index (χ2v) is 12.4. The standard InChI is InChI=1S/C35H42FN7O3/c1-2-45-31-20-30(25-7-9-27(36)10-8-25)29(24-5-6-24)19-26(31)21-42-17-14-35(15-18-42)22-43(34(44)46-35)28-11-3-23(4-12-28)13-16-40-33(39)41-32(37)38/h3-4,7-12,19-20,24H,2,5-6,13-18,21-22H2,1H3,(H6,37,38,39,40,41). The number of nitrogens with two attached hydrogens (primary N) is 1. The van der Waals surface area contributed by atoms with E-state index in [-0.39, 0.29) is 23.8 Å². The van der Waals surface area contributed by atoms with Gasteiger partial charge in [-0.2, -0.15) is 0 Å². The van der Waals surface area contributed by atoms with Gasteiger partial charge < -0.3 is 20.5 Å². The van der Waals surface area contributed by atoms with Gasteiger partial charge in [-0.15, -0.1) is 0 Å². The Bertz CT molecular complexity index is 1580. The smallest absolute Gasteiger partial charge is 0.415 e. The minimum Gasteiger partial charge on any atom is -0.494 e. The Labute approximate surface area is 269 Å². The van der Waals surface area contributed by atoms with Crippen LogP contribution in [0, 0.1) is 16.6 Å². The summed E-state index contributed by atoms with van der Waals surface area (Å²) in [6.45, 7) is 5.97. The maximum Gasteiger partial charge on any atom is 0.415 e. The number of rotatable bonds is 10. The predicted octanol–water partition coefficient (Wildman–Crippen LogP) is 5.31. The van der Waals surface area contributed by atoms with E-state index < -0.39 is 5.60 Å². The number of ether oxygens (including phenoxy) is 2. The molecule has 1 amide bonds. The highest BCUT2D eigenvalue weighted by atomic mass is 19.1. The number of benzene rings is 3. The molecule has 0 bridgehead atoms. The summed E-state index contributed by atoms with van der Waals surface area (Å²) < 4.78 is 25.8. The zero-order valence-electron chi connectivity index (χ0n) is 26.2. The molecule has 0 unspecified atom stereocenters. The van der Waals surface area contributed by atoms with Crippen molar-refractivity contribution < 1.29 is 18.7 Å². The van der Waals surface area contributed by atoms with Gasteiger partial charge in [0.25, 0.3) is 0 Å². The first-order valence-corrected chi connectivity index (χ1v) is 16.0. The lowest BCUT2D eigenvalue weighted by Gasteiger charge is -2.37. The second kappa shape index (κ2) is 13.4. The monoisotopic (exact) mass is 627 g/mol. The van der Waals surface area contributed by atoms with Crippen molar-refractivity contribution in [2.45, 2.75) is 57.1 Å². The molecule has 46 heavy (non-hydrogen) atoms. The van der Waals surface area contributed by atoms with Crippen LogP contribution in [-0.4, -0.2) is 61.3 Å². The summed E-state index contributed by atoms with van der Waals surface area (Å²) in [6, 6.07) is 19.0. The van der Waals surface area contributed by atoms with Gasteiger partial charge in [-0.25, -0.2) is 9.18 Å². The number of halogens is 1. The van der Waals surface area contributed by atoms with Gasteiger partial charge in [0.15, 0.2) is 11.9 Å². The molecule has 2 aliphatic heterocycles. The summed E-state index contributed by atoms with van der Waals surface area (Å²) in [6.07, 6.45) is 4.21. The summed E-state index contributed by atoms with van der Waals surface area (Å²) in [5.74, 6) is 0.862. The Balaban J connectivity index is 1.07. The van der Waals surface area contributed by atoms with Crippen LogP contribution in [0.15, 0.2) is 60.7 Å². The number of guanidine groups is 2. The Kier molecular flexibility index (Phi) is 9.12. The van der Waals surface area contributed by atoms with Gasteiger partial charge in [-0.1, -0.05) is 24.3 Å².